The Morgan fingerprint density at radius 1 is 1.17 bits per heavy atom. The Kier molecular flexibility index (Phi) is 7.20. The normalized spacial score (nSPS) is 22.2. The molecule has 0 heterocycles. The lowest BCUT2D eigenvalue weighted by molar-refractivity contribution is -0.0248. The molecule has 0 aromatic rings. The molecule has 134 valence electrons. The number of rotatable bonds is 8. The Bertz CT molecular complexity index is 498. The van der Waals surface area contributed by atoms with Crippen molar-refractivity contribution in [1.29, 1.82) is 0 Å². The van der Waals surface area contributed by atoms with Crippen LogP contribution >= 0.6 is 0 Å². The summed E-state index contributed by atoms with van der Waals surface area (Å²) < 4.78 is 68.4. The lowest BCUT2D eigenvalue weighted by Gasteiger charge is -2.27. The minimum atomic E-state index is -5.63. The van der Waals surface area contributed by atoms with Crippen LogP contribution in [0.2, 0.25) is 0 Å². The Morgan fingerprint density at radius 3 is 2.17 bits per heavy atom. The van der Waals surface area contributed by atoms with Crippen molar-refractivity contribution in [2.45, 2.75) is 30.9 Å². The van der Waals surface area contributed by atoms with Crippen molar-refractivity contribution in [1.82, 2.24) is 0 Å². The van der Waals surface area contributed by atoms with Crippen LogP contribution in [0.4, 0.5) is 13.6 Å². The zero-order valence-electron chi connectivity index (χ0n) is 12.4. The molecule has 1 aliphatic carbocycles. The minimum Gasteiger partial charge on any atom is -0.502 e. The molecule has 0 unspecified atom stereocenters. The molecular weight excluding hydrogens is 338 g/mol. The van der Waals surface area contributed by atoms with E-state index in [4.69, 9.17) is 9.29 Å². The van der Waals surface area contributed by atoms with Crippen molar-refractivity contribution in [2.75, 3.05) is 19.8 Å². The minimum absolute atomic E-state index is 0.00527. The summed E-state index contributed by atoms with van der Waals surface area (Å²) in [5.74, 6) is 0.495. The molecule has 1 saturated carbocycles. The first-order valence-corrected chi connectivity index (χ1v) is 8.46. The molecule has 1 aliphatic rings. The van der Waals surface area contributed by atoms with Gasteiger partial charge in [-0.1, -0.05) is 6.58 Å². The Labute approximate surface area is 133 Å². The van der Waals surface area contributed by atoms with Crippen LogP contribution in [0.3, 0.4) is 0 Å². The Hall–Kier alpha value is -1.42. The standard InChI is InChI=1S/C13H20F2O7S/c1-2-20-7-10-3-5-11(6-4-10)8-21-12(16)22-9-13(14,15)23(17,18)19/h2,10-11H,1,3-9H2,(H,17,18,19). The fraction of sp³-hybridized carbons (Fsp3) is 0.769. The zero-order valence-corrected chi connectivity index (χ0v) is 13.3. The highest BCUT2D eigenvalue weighted by Crippen LogP contribution is 2.29. The van der Waals surface area contributed by atoms with Gasteiger partial charge in [0.1, 0.15) is 0 Å². The van der Waals surface area contributed by atoms with Gasteiger partial charge in [-0.05, 0) is 37.5 Å². The van der Waals surface area contributed by atoms with E-state index >= 15 is 0 Å². The van der Waals surface area contributed by atoms with Gasteiger partial charge in [0.05, 0.1) is 19.5 Å². The van der Waals surface area contributed by atoms with Crippen molar-refractivity contribution in [3.8, 4) is 0 Å². The first kappa shape index (κ1) is 19.6. The second-order valence-electron chi connectivity index (χ2n) is 5.35. The van der Waals surface area contributed by atoms with Crippen molar-refractivity contribution < 1.29 is 40.8 Å². The molecule has 0 aromatic heterocycles. The van der Waals surface area contributed by atoms with Crippen LogP contribution in [0.25, 0.3) is 0 Å². The molecule has 0 aliphatic heterocycles. The number of hydrogen-bond donors (Lipinski definition) is 1. The number of alkyl halides is 2. The monoisotopic (exact) mass is 358 g/mol. The van der Waals surface area contributed by atoms with E-state index in [2.05, 4.69) is 16.1 Å². The lowest BCUT2D eigenvalue weighted by Crippen LogP contribution is -2.35. The maximum atomic E-state index is 12.8. The fourth-order valence-corrected chi connectivity index (χ4v) is 2.42. The van der Waals surface area contributed by atoms with E-state index in [9.17, 15) is 22.0 Å². The van der Waals surface area contributed by atoms with E-state index < -0.39 is 28.1 Å². The number of halogens is 2. The van der Waals surface area contributed by atoms with Crippen molar-refractivity contribution >= 4 is 16.3 Å². The quantitative estimate of drug-likeness (QED) is 0.404. The van der Waals surface area contributed by atoms with Crippen molar-refractivity contribution in [3.05, 3.63) is 12.8 Å². The Balaban J connectivity index is 2.24. The summed E-state index contributed by atoms with van der Waals surface area (Å²) in [5, 5.41) is -4.56. The van der Waals surface area contributed by atoms with Crippen LogP contribution in [0.1, 0.15) is 25.7 Å². The molecule has 0 radical (unpaired) electrons. The predicted octanol–water partition coefficient (Wildman–Crippen LogP) is 2.59. The van der Waals surface area contributed by atoms with Crippen molar-refractivity contribution in [3.63, 3.8) is 0 Å². The molecule has 23 heavy (non-hydrogen) atoms. The molecule has 0 spiro atoms. The summed E-state index contributed by atoms with van der Waals surface area (Å²) in [7, 11) is -5.63. The zero-order chi connectivity index (χ0) is 17.5. The number of carbonyl (C=O) groups is 1. The fourth-order valence-electron chi connectivity index (χ4n) is 2.21. The average Bonchev–Trinajstić information content (AvgIpc) is 2.49. The van der Waals surface area contributed by atoms with Crippen LogP contribution in [0, 0.1) is 11.8 Å². The molecule has 1 rings (SSSR count). The topological polar surface area (TPSA) is 99.1 Å². The third kappa shape index (κ3) is 6.69. The van der Waals surface area contributed by atoms with Gasteiger partial charge in [-0.3, -0.25) is 4.55 Å². The van der Waals surface area contributed by atoms with E-state index in [0.29, 0.717) is 12.5 Å². The molecule has 1 N–H and O–H groups in total. The van der Waals surface area contributed by atoms with E-state index in [-0.39, 0.29) is 12.5 Å². The van der Waals surface area contributed by atoms with Crippen LogP contribution in [-0.4, -0.2) is 44.2 Å². The summed E-state index contributed by atoms with van der Waals surface area (Å²) in [6, 6.07) is 0. The van der Waals surface area contributed by atoms with Crippen LogP contribution in [0.15, 0.2) is 12.8 Å². The van der Waals surface area contributed by atoms with Gasteiger partial charge in [0, 0.05) is 0 Å². The molecule has 0 amide bonds. The van der Waals surface area contributed by atoms with Crippen LogP contribution in [-0.2, 0) is 24.3 Å². The maximum absolute atomic E-state index is 12.8. The second-order valence-corrected chi connectivity index (χ2v) is 6.90. The lowest BCUT2D eigenvalue weighted by atomic mass is 9.83. The van der Waals surface area contributed by atoms with Gasteiger partial charge in [-0.2, -0.15) is 17.2 Å². The van der Waals surface area contributed by atoms with Crippen LogP contribution < -0.4 is 0 Å². The summed E-state index contributed by atoms with van der Waals surface area (Å²) >= 11 is 0. The summed E-state index contributed by atoms with van der Waals surface area (Å²) in [6.07, 6.45) is 3.34. The number of ether oxygens (including phenoxy) is 3. The first-order valence-electron chi connectivity index (χ1n) is 7.02. The average molecular weight is 358 g/mol. The van der Waals surface area contributed by atoms with E-state index in [1.54, 1.807) is 0 Å². The number of hydrogen-bond acceptors (Lipinski definition) is 6. The second kappa shape index (κ2) is 8.44. The van der Waals surface area contributed by atoms with Gasteiger partial charge in [-0.15, -0.1) is 0 Å². The van der Waals surface area contributed by atoms with Gasteiger partial charge >= 0.3 is 21.5 Å². The van der Waals surface area contributed by atoms with Gasteiger partial charge in [-0.25, -0.2) is 4.79 Å². The smallest absolute Gasteiger partial charge is 0.502 e. The molecule has 1 fully saturated rings. The molecule has 0 saturated heterocycles. The van der Waals surface area contributed by atoms with E-state index in [1.165, 1.54) is 6.26 Å². The summed E-state index contributed by atoms with van der Waals surface area (Å²) in [6.45, 7) is 2.26. The summed E-state index contributed by atoms with van der Waals surface area (Å²) in [4.78, 5) is 11.2. The molecule has 7 nitrogen and oxygen atoms in total. The number of carbonyl (C=O) groups excluding carboxylic acids is 1. The predicted molar refractivity (Wildman–Crippen MR) is 75.4 cm³/mol. The maximum Gasteiger partial charge on any atom is 0.508 e. The molecule has 0 atom stereocenters. The first-order chi connectivity index (χ1) is 10.7. The third-order valence-electron chi connectivity index (χ3n) is 3.59. The van der Waals surface area contributed by atoms with Gasteiger partial charge in [0.15, 0.2) is 6.61 Å². The van der Waals surface area contributed by atoms with Crippen molar-refractivity contribution in [2.24, 2.45) is 11.8 Å². The molecular formula is C13H20F2O7S. The van der Waals surface area contributed by atoms with E-state index in [0.717, 1.165) is 25.7 Å². The highest BCUT2D eigenvalue weighted by atomic mass is 32.2. The summed E-state index contributed by atoms with van der Waals surface area (Å²) in [5.41, 5.74) is 0. The molecule has 0 bridgehead atoms. The van der Waals surface area contributed by atoms with E-state index in [1.807, 2.05) is 0 Å². The third-order valence-corrected chi connectivity index (χ3v) is 4.46. The highest BCUT2D eigenvalue weighted by Gasteiger charge is 2.45. The van der Waals surface area contributed by atoms with Gasteiger partial charge < -0.3 is 14.2 Å². The largest absolute Gasteiger partial charge is 0.508 e. The van der Waals surface area contributed by atoms with Gasteiger partial charge in [0.25, 0.3) is 0 Å². The van der Waals surface area contributed by atoms with Crippen LogP contribution in [0.5, 0.6) is 0 Å². The molecule has 10 heteroatoms. The van der Waals surface area contributed by atoms with Gasteiger partial charge in [0.2, 0.25) is 0 Å². The highest BCUT2D eigenvalue weighted by molar-refractivity contribution is 7.86. The molecule has 0 aromatic carbocycles. The Morgan fingerprint density at radius 2 is 1.70 bits per heavy atom. The SMILES string of the molecule is C=COCC1CCC(COC(=O)OCC(F)(F)S(=O)(=O)O)CC1.